The van der Waals surface area contributed by atoms with Gasteiger partial charge in [-0.1, -0.05) is 24.3 Å². The average molecular weight is 417 g/mol. The third kappa shape index (κ3) is 6.12. The lowest BCUT2D eigenvalue weighted by atomic mass is 10.1. The van der Waals surface area contributed by atoms with Gasteiger partial charge in [-0.2, -0.15) is 0 Å². The number of hydrogen-bond acceptors (Lipinski definition) is 5. The Hall–Kier alpha value is -3.25. The molecule has 0 atom stereocenters. The van der Waals surface area contributed by atoms with Crippen LogP contribution in [0, 0.1) is 6.92 Å². The predicted octanol–water partition coefficient (Wildman–Crippen LogP) is 3.89. The van der Waals surface area contributed by atoms with Crippen molar-refractivity contribution in [2.75, 3.05) is 26.2 Å². The summed E-state index contributed by atoms with van der Waals surface area (Å²) >= 11 is 0. The van der Waals surface area contributed by atoms with E-state index >= 15 is 0 Å². The molecule has 31 heavy (non-hydrogen) atoms. The fourth-order valence-corrected chi connectivity index (χ4v) is 3.65. The molecule has 0 unspecified atom stereocenters. The first kappa shape index (κ1) is 21.0. The minimum atomic E-state index is -0.280. The van der Waals surface area contributed by atoms with Crippen molar-refractivity contribution in [1.29, 1.82) is 0 Å². The molecule has 1 aliphatic rings. The zero-order chi connectivity index (χ0) is 21.5. The number of amides is 1. The highest BCUT2D eigenvalue weighted by atomic mass is 16.6. The molecule has 160 valence electrons. The van der Waals surface area contributed by atoms with Gasteiger partial charge in [0.25, 0.3) is 0 Å². The molecular weight excluding hydrogens is 388 g/mol. The van der Waals surface area contributed by atoms with Crippen LogP contribution >= 0.6 is 0 Å². The molecule has 1 amide bonds. The van der Waals surface area contributed by atoms with E-state index in [-0.39, 0.29) is 6.09 Å². The molecule has 0 N–H and O–H groups in total. The monoisotopic (exact) mass is 416 g/mol. The first-order valence-electron chi connectivity index (χ1n) is 10.7. The molecule has 0 radical (unpaired) electrons. The average Bonchev–Trinajstić information content (AvgIpc) is 2.81. The number of piperazine rings is 1. The van der Waals surface area contributed by atoms with Gasteiger partial charge in [-0.05, 0) is 60.7 Å². The fourth-order valence-electron chi connectivity index (χ4n) is 3.65. The van der Waals surface area contributed by atoms with Crippen LogP contribution in [0.2, 0.25) is 0 Å². The Labute approximate surface area is 183 Å². The molecule has 0 saturated carbocycles. The van der Waals surface area contributed by atoms with Crippen molar-refractivity contribution < 1.29 is 9.53 Å². The number of benzene rings is 1. The SMILES string of the molecule is Cc1ccc(CCc2ccc(OC(=O)N3CCN(Cc4cccnc4)CC3)cc2)nc1. The first-order chi connectivity index (χ1) is 15.2. The van der Waals surface area contributed by atoms with Crippen LogP contribution in [0.25, 0.3) is 0 Å². The largest absolute Gasteiger partial charge is 0.415 e. The highest BCUT2D eigenvalue weighted by molar-refractivity contribution is 5.70. The molecule has 2 aromatic heterocycles. The Bertz CT molecular complexity index is 967. The van der Waals surface area contributed by atoms with Crippen LogP contribution in [0.3, 0.4) is 0 Å². The summed E-state index contributed by atoms with van der Waals surface area (Å²) in [4.78, 5) is 25.2. The summed E-state index contributed by atoms with van der Waals surface area (Å²) < 4.78 is 5.58. The topological polar surface area (TPSA) is 58.6 Å². The maximum atomic E-state index is 12.5. The number of hydrogen-bond donors (Lipinski definition) is 0. The first-order valence-corrected chi connectivity index (χ1v) is 10.7. The van der Waals surface area contributed by atoms with Crippen LogP contribution in [-0.2, 0) is 19.4 Å². The van der Waals surface area contributed by atoms with Gasteiger partial charge >= 0.3 is 6.09 Å². The lowest BCUT2D eigenvalue weighted by Gasteiger charge is -2.33. The van der Waals surface area contributed by atoms with Crippen molar-refractivity contribution >= 4 is 6.09 Å². The Balaban J connectivity index is 1.22. The fraction of sp³-hybridized carbons (Fsp3) is 0.320. The van der Waals surface area contributed by atoms with Crippen LogP contribution in [0.5, 0.6) is 5.75 Å². The molecule has 6 nitrogen and oxygen atoms in total. The molecular formula is C25H28N4O2. The standard InChI is InChI=1S/C25H28N4O2/c1-20-4-8-23(27-17-20)9-5-21-6-10-24(11-7-21)31-25(30)29-15-13-28(14-16-29)19-22-3-2-12-26-18-22/h2-4,6-8,10-12,17-18H,5,9,13-16,19H2,1H3. The number of ether oxygens (including phenoxy) is 1. The van der Waals surface area contributed by atoms with Gasteiger partial charge in [0.1, 0.15) is 5.75 Å². The summed E-state index contributed by atoms with van der Waals surface area (Å²) in [6.45, 7) is 5.89. The lowest BCUT2D eigenvalue weighted by Crippen LogP contribution is -2.49. The summed E-state index contributed by atoms with van der Waals surface area (Å²) in [5, 5.41) is 0. The Morgan fingerprint density at radius 1 is 0.935 bits per heavy atom. The van der Waals surface area contributed by atoms with Gasteiger partial charge in [0.05, 0.1) is 0 Å². The molecule has 3 heterocycles. The van der Waals surface area contributed by atoms with E-state index in [4.69, 9.17) is 4.74 Å². The van der Waals surface area contributed by atoms with Gasteiger partial charge < -0.3 is 9.64 Å². The van der Waals surface area contributed by atoms with Crippen molar-refractivity contribution in [2.24, 2.45) is 0 Å². The van der Waals surface area contributed by atoms with Crippen molar-refractivity contribution in [2.45, 2.75) is 26.3 Å². The third-order valence-corrected chi connectivity index (χ3v) is 5.53. The van der Waals surface area contributed by atoms with Gasteiger partial charge in [0.15, 0.2) is 0 Å². The second-order valence-corrected chi connectivity index (χ2v) is 7.96. The molecule has 1 saturated heterocycles. The molecule has 4 rings (SSSR count). The van der Waals surface area contributed by atoms with E-state index in [1.165, 1.54) is 16.7 Å². The number of pyridine rings is 2. The molecule has 1 aliphatic heterocycles. The number of nitrogens with zero attached hydrogens (tertiary/aromatic N) is 4. The van der Waals surface area contributed by atoms with E-state index in [1.54, 1.807) is 11.1 Å². The molecule has 0 spiro atoms. The van der Waals surface area contributed by atoms with Crippen molar-refractivity contribution in [3.63, 3.8) is 0 Å². The van der Waals surface area contributed by atoms with Crippen LogP contribution in [0.15, 0.2) is 67.1 Å². The van der Waals surface area contributed by atoms with Gasteiger partial charge in [-0.25, -0.2) is 4.79 Å². The Morgan fingerprint density at radius 3 is 2.42 bits per heavy atom. The van der Waals surface area contributed by atoms with E-state index in [9.17, 15) is 4.79 Å². The molecule has 1 fully saturated rings. The summed E-state index contributed by atoms with van der Waals surface area (Å²) in [7, 11) is 0. The number of carbonyl (C=O) groups is 1. The molecule has 1 aromatic carbocycles. The van der Waals surface area contributed by atoms with Gasteiger partial charge in [0, 0.05) is 57.0 Å². The number of aromatic nitrogens is 2. The summed E-state index contributed by atoms with van der Waals surface area (Å²) in [5.41, 5.74) is 4.65. The minimum Gasteiger partial charge on any atom is -0.410 e. The Morgan fingerprint density at radius 2 is 1.74 bits per heavy atom. The minimum absolute atomic E-state index is 0.280. The predicted molar refractivity (Wildman–Crippen MR) is 120 cm³/mol. The zero-order valence-corrected chi connectivity index (χ0v) is 17.9. The van der Waals surface area contributed by atoms with E-state index in [1.807, 2.05) is 49.6 Å². The van der Waals surface area contributed by atoms with Crippen LogP contribution < -0.4 is 4.74 Å². The quantitative estimate of drug-likeness (QED) is 0.610. The number of rotatable bonds is 6. The van der Waals surface area contributed by atoms with Gasteiger partial charge in [0.2, 0.25) is 0 Å². The second kappa shape index (κ2) is 10.2. The second-order valence-electron chi connectivity index (χ2n) is 7.96. The molecule has 0 aliphatic carbocycles. The summed E-state index contributed by atoms with van der Waals surface area (Å²) in [5.74, 6) is 0.583. The van der Waals surface area contributed by atoms with Crippen molar-refractivity contribution in [3.05, 3.63) is 89.5 Å². The highest BCUT2D eigenvalue weighted by Gasteiger charge is 2.22. The molecule has 0 bridgehead atoms. The van der Waals surface area contributed by atoms with E-state index < -0.39 is 0 Å². The third-order valence-electron chi connectivity index (χ3n) is 5.53. The normalized spacial score (nSPS) is 14.4. The van der Waals surface area contributed by atoms with E-state index in [0.29, 0.717) is 18.8 Å². The van der Waals surface area contributed by atoms with Crippen molar-refractivity contribution in [1.82, 2.24) is 19.8 Å². The maximum absolute atomic E-state index is 12.5. The number of aryl methyl sites for hydroxylation is 3. The van der Waals surface area contributed by atoms with Crippen LogP contribution in [0.4, 0.5) is 4.79 Å². The van der Waals surface area contributed by atoms with E-state index in [2.05, 4.69) is 33.1 Å². The van der Waals surface area contributed by atoms with Crippen molar-refractivity contribution in [3.8, 4) is 5.75 Å². The zero-order valence-electron chi connectivity index (χ0n) is 17.9. The van der Waals surface area contributed by atoms with Gasteiger partial charge in [-0.3, -0.25) is 14.9 Å². The smallest absolute Gasteiger partial charge is 0.410 e. The van der Waals surface area contributed by atoms with E-state index in [0.717, 1.165) is 38.2 Å². The lowest BCUT2D eigenvalue weighted by molar-refractivity contribution is 0.108. The summed E-state index contributed by atoms with van der Waals surface area (Å²) in [6.07, 6.45) is 7.09. The van der Waals surface area contributed by atoms with Crippen LogP contribution in [-0.4, -0.2) is 52.0 Å². The van der Waals surface area contributed by atoms with Gasteiger partial charge in [-0.15, -0.1) is 0 Å². The maximum Gasteiger partial charge on any atom is 0.415 e. The highest BCUT2D eigenvalue weighted by Crippen LogP contribution is 2.16. The molecule has 6 heteroatoms. The van der Waals surface area contributed by atoms with Crippen LogP contribution in [0.1, 0.15) is 22.4 Å². The summed E-state index contributed by atoms with van der Waals surface area (Å²) in [6, 6.07) is 16.0. The Kier molecular flexibility index (Phi) is 6.89. The molecule has 3 aromatic rings. The number of carbonyl (C=O) groups excluding carboxylic acids is 1.